The van der Waals surface area contributed by atoms with E-state index in [4.69, 9.17) is 4.74 Å². The van der Waals surface area contributed by atoms with Crippen LogP contribution in [0.15, 0.2) is 77.7 Å². The van der Waals surface area contributed by atoms with Crippen molar-refractivity contribution in [1.29, 1.82) is 0 Å². The summed E-state index contributed by atoms with van der Waals surface area (Å²) in [5, 5.41) is 1.27. The van der Waals surface area contributed by atoms with Crippen molar-refractivity contribution in [2.45, 2.75) is 63.3 Å². The van der Waals surface area contributed by atoms with Crippen LogP contribution in [0.4, 0.5) is 0 Å². The molecule has 1 aliphatic heterocycles. The lowest BCUT2D eigenvalue weighted by Gasteiger charge is -2.32. The van der Waals surface area contributed by atoms with Crippen molar-refractivity contribution in [1.82, 2.24) is 8.87 Å². The van der Waals surface area contributed by atoms with Crippen LogP contribution in [0.25, 0.3) is 10.9 Å². The zero-order valence-corrected chi connectivity index (χ0v) is 23.9. The maximum atomic E-state index is 13.4. The van der Waals surface area contributed by atoms with Gasteiger partial charge in [-0.2, -0.15) is 4.31 Å². The Morgan fingerprint density at radius 1 is 0.921 bits per heavy atom. The van der Waals surface area contributed by atoms with Crippen molar-refractivity contribution < 1.29 is 13.2 Å². The molecule has 4 aromatic rings. The molecule has 0 N–H and O–H groups in total. The maximum absolute atomic E-state index is 13.4. The van der Waals surface area contributed by atoms with Crippen molar-refractivity contribution >= 4 is 20.9 Å². The highest BCUT2D eigenvalue weighted by atomic mass is 32.2. The average molecular weight is 531 g/mol. The molecule has 0 atom stereocenters. The number of nitrogens with zero attached hydrogens (tertiary/aromatic N) is 2. The standard InChI is InChI=1S/C32H38N2O3S/c1-23-31(29-11-6-7-12-30(29)34(23)22-24-9-8-10-27(21-24)37-5)25-17-19-33(20-18-25)38(35,36)28-15-13-26(14-16-28)32(2,3)4/h6-16,21,25H,17-20,22H2,1-5H3. The molecular weight excluding hydrogens is 492 g/mol. The number of sulfonamides is 1. The highest BCUT2D eigenvalue weighted by molar-refractivity contribution is 7.89. The number of aromatic nitrogens is 1. The summed E-state index contributed by atoms with van der Waals surface area (Å²) >= 11 is 0. The number of ether oxygens (including phenoxy) is 1. The van der Waals surface area contributed by atoms with E-state index >= 15 is 0 Å². The van der Waals surface area contributed by atoms with Crippen molar-refractivity contribution in [3.8, 4) is 5.75 Å². The quantitative estimate of drug-likeness (QED) is 0.273. The lowest BCUT2D eigenvalue weighted by Crippen LogP contribution is -2.38. The van der Waals surface area contributed by atoms with Gasteiger partial charge in [0.05, 0.1) is 12.0 Å². The summed E-state index contributed by atoms with van der Waals surface area (Å²) in [5.41, 5.74) is 6.15. The van der Waals surface area contributed by atoms with Crippen molar-refractivity contribution in [3.05, 3.63) is 95.2 Å². The zero-order valence-electron chi connectivity index (χ0n) is 23.1. The van der Waals surface area contributed by atoms with Crippen molar-refractivity contribution in [2.75, 3.05) is 20.2 Å². The third kappa shape index (κ3) is 4.99. The third-order valence-electron chi connectivity index (χ3n) is 7.97. The summed E-state index contributed by atoms with van der Waals surface area (Å²) in [6, 6.07) is 24.2. The Morgan fingerprint density at radius 2 is 1.61 bits per heavy atom. The molecule has 0 unspecified atom stereocenters. The highest BCUT2D eigenvalue weighted by Gasteiger charge is 2.32. The molecule has 3 aromatic carbocycles. The van der Waals surface area contributed by atoms with Gasteiger partial charge in [-0.1, -0.05) is 63.2 Å². The number of rotatable bonds is 6. The summed E-state index contributed by atoms with van der Waals surface area (Å²) in [6.45, 7) is 10.4. The minimum atomic E-state index is -3.51. The number of benzene rings is 3. The summed E-state index contributed by atoms with van der Waals surface area (Å²) in [7, 11) is -1.81. The van der Waals surface area contributed by atoms with E-state index < -0.39 is 10.0 Å². The van der Waals surface area contributed by atoms with E-state index in [2.05, 4.69) is 68.7 Å². The summed E-state index contributed by atoms with van der Waals surface area (Å²) in [6.07, 6.45) is 1.63. The second-order valence-electron chi connectivity index (χ2n) is 11.4. The minimum Gasteiger partial charge on any atom is -0.497 e. The number of para-hydroxylation sites is 1. The monoisotopic (exact) mass is 530 g/mol. The first-order valence-corrected chi connectivity index (χ1v) is 14.8. The van der Waals surface area contributed by atoms with Crippen LogP contribution in [0.5, 0.6) is 5.75 Å². The summed E-state index contributed by atoms with van der Waals surface area (Å²) in [4.78, 5) is 0.384. The van der Waals surface area contributed by atoms with E-state index in [1.807, 2.05) is 24.3 Å². The van der Waals surface area contributed by atoms with Crippen LogP contribution in [-0.2, 0) is 22.0 Å². The molecule has 1 fully saturated rings. The Hall–Kier alpha value is -3.09. The van der Waals surface area contributed by atoms with E-state index in [-0.39, 0.29) is 5.41 Å². The Morgan fingerprint density at radius 3 is 2.26 bits per heavy atom. The lowest BCUT2D eigenvalue weighted by molar-refractivity contribution is 0.319. The van der Waals surface area contributed by atoms with Crippen LogP contribution in [0.3, 0.4) is 0 Å². The molecule has 6 heteroatoms. The number of piperidine rings is 1. The van der Waals surface area contributed by atoms with Crippen LogP contribution in [0.1, 0.15) is 61.9 Å². The first kappa shape index (κ1) is 26.5. The largest absolute Gasteiger partial charge is 0.497 e. The van der Waals surface area contributed by atoms with Crippen molar-refractivity contribution in [2.24, 2.45) is 0 Å². The van der Waals surface area contributed by atoms with Gasteiger partial charge < -0.3 is 9.30 Å². The predicted octanol–water partition coefficient (Wildman–Crippen LogP) is 6.87. The molecular formula is C32H38N2O3S. The second-order valence-corrected chi connectivity index (χ2v) is 13.3. The van der Waals surface area contributed by atoms with Gasteiger partial charge >= 0.3 is 0 Å². The van der Waals surface area contributed by atoms with Gasteiger partial charge in [0, 0.05) is 36.2 Å². The zero-order chi connectivity index (χ0) is 27.1. The van der Waals surface area contributed by atoms with Gasteiger partial charge in [0.15, 0.2) is 0 Å². The van der Waals surface area contributed by atoms with E-state index in [1.165, 1.54) is 27.7 Å². The molecule has 0 radical (unpaired) electrons. The van der Waals surface area contributed by atoms with Gasteiger partial charge in [0.2, 0.25) is 10.0 Å². The van der Waals surface area contributed by atoms with Crippen LogP contribution >= 0.6 is 0 Å². The highest BCUT2D eigenvalue weighted by Crippen LogP contribution is 2.39. The lowest BCUT2D eigenvalue weighted by atomic mass is 9.87. The molecule has 1 saturated heterocycles. The molecule has 1 aromatic heterocycles. The molecule has 5 nitrogen and oxygen atoms in total. The van der Waals surface area contributed by atoms with E-state index in [9.17, 15) is 8.42 Å². The Bertz CT molecular complexity index is 1540. The molecule has 0 bridgehead atoms. The van der Waals surface area contributed by atoms with Crippen molar-refractivity contribution in [3.63, 3.8) is 0 Å². The fourth-order valence-corrected chi connectivity index (χ4v) is 7.26. The van der Waals surface area contributed by atoms with Gasteiger partial charge in [-0.15, -0.1) is 0 Å². The molecule has 0 saturated carbocycles. The van der Waals surface area contributed by atoms with Gasteiger partial charge in [-0.3, -0.25) is 0 Å². The van der Waals surface area contributed by atoms with E-state index in [0.717, 1.165) is 30.7 Å². The van der Waals surface area contributed by atoms with Crippen LogP contribution in [-0.4, -0.2) is 37.5 Å². The van der Waals surface area contributed by atoms with Crippen LogP contribution < -0.4 is 4.74 Å². The van der Waals surface area contributed by atoms with Gasteiger partial charge in [-0.05, 0) is 78.1 Å². The molecule has 0 aliphatic carbocycles. The Labute approximate surface area is 227 Å². The summed E-state index contributed by atoms with van der Waals surface area (Å²) < 4.78 is 36.4. The van der Waals surface area contributed by atoms with Crippen LogP contribution in [0.2, 0.25) is 0 Å². The summed E-state index contributed by atoms with van der Waals surface area (Å²) in [5.74, 6) is 1.18. The average Bonchev–Trinajstić information content (AvgIpc) is 3.19. The molecule has 2 heterocycles. The SMILES string of the molecule is COc1cccc(Cn2c(C)c(C3CCN(S(=O)(=O)c4ccc(C(C)(C)C)cc4)CC3)c3ccccc32)c1. The fourth-order valence-electron chi connectivity index (χ4n) is 5.79. The van der Waals surface area contributed by atoms with E-state index in [1.54, 1.807) is 23.5 Å². The molecule has 0 spiro atoms. The number of hydrogen-bond acceptors (Lipinski definition) is 3. The van der Waals surface area contributed by atoms with Gasteiger partial charge in [0.25, 0.3) is 0 Å². The first-order chi connectivity index (χ1) is 18.1. The molecule has 1 aliphatic rings. The molecule has 38 heavy (non-hydrogen) atoms. The van der Waals surface area contributed by atoms with Gasteiger partial charge in [0.1, 0.15) is 5.75 Å². The Kier molecular flexibility index (Phi) is 7.14. The number of fused-ring (bicyclic) bond motifs is 1. The van der Waals surface area contributed by atoms with Crippen LogP contribution in [0, 0.1) is 6.92 Å². The number of methoxy groups -OCH3 is 1. The molecule has 0 amide bonds. The third-order valence-corrected chi connectivity index (χ3v) is 9.89. The normalized spacial score (nSPS) is 15.7. The topological polar surface area (TPSA) is 51.5 Å². The fraction of sp³-hybridized carbons (Fsp3) is 0.375. The minimum absolute atomic E-state index is 0.00967. The first-order valence-electron chi connectivity index (χ1n) is 13.4. The predicted molar refractivity (Wildman–Crippen MR) is 155 cm³/mol. The van der Waals surface area contributed by atoms with Gasteiger partial charge in [-0.25, -0.2) is 8.42 Å². The van der Waals surface area contributed by atoms with E-state index in [0.29, 0.717) is 23.9 Å². The smallest absolute Gasteiger partial charge is 0.243 e. The molecule has 200 valence electrons. The second kappa shape index (κ2) is 10.2. The molecule has 5 rings (SSSR count). The number of hydrogen-bond donors (Lipinski definition) is 0. The Balaban J connectivity index is 1.38. The maximum Gasteiger partial charge on any atom is 0.243 e.